The van der Waals surface area contributed by atoms with Crippen LogP contribution in [0.2, 0.25) is 0 Å². The molecular weight excluding hydrogens is 1140 g/mol. The van der Waals surface area contributed by atoms with Crippen LogP contribution in [0.3, 0.4) is 0 Å². The maximum atomic E-state index is 13.0. The Balaban J connectivity index is 5.27. The first-order valence-electron chi connectivity index (χ1n) is 34.8. The third kappa shape index (κ3) is 57.2. The Labute approximate surface area is 524 Å². The van der Waals surface area contributed by atoms with Crippen LogP contribution < -0.4 is 0 Å². The van der Waals surface area contributed by atoms with Crippen LogP contribution in [0.25, 0.3) is 0 Å². The minimum Gasteiger partial charge on any atom is -0.462 e. The maximum Gasteiger partial charge on any atom is 0.472 e. The molecule has 19 heteroatoms. The van der Waals surface area contributed by atoms with Gasteiger partial charge in [-0.2, -0.15) is 0 Å². The van der Waals surface area contributed by atoms with E-state index in [4.69, 9.17) is 37.0 Å². The van der Waals surface area contributed by atoms with Crippen LogP contribution in [0.15, 0.2) is 0 Å². The molecule has 0 bridgehead atoms. The van der Waals surface area contributed by atoms with Gasteiger partial charge in [-0.1, -0.05) is 274 Å². The number of carbonyl (C=O) groups is 4. The van der Waals surface area contributed by atoms with Gasteiger partial charge in [-0.25, -0.2) is 9.13 Å². The highest BCUT2D eigenvalue weighted by atomic mass is 31.2. The van der Waals surface area contributed by atoms with E-state index in [-0.39, 0.29) is 25.7 Å². The zero-order chi connectivity index (χ0) is 63.9. The number of phosphoric acid groups is 2. The maximum absolute atomic E-state index is 13.0. The van der Waals surface area contributed by atoms with Gasteiger partial charge in [-0.3, -0.25) is 37.3 Å². The van der Waals surface area contributed by atoms with Gasteiger partial charge in [0.1, 0.15) is 19.3 Å². The third-order valence-electron chi connectivity index (χ3n) is 16.4. The van der Waals surface area contributed by atoms with Gasteiger partial charge in [0.05, 0.1) is 26.4 Å². The fourth-order valence-electron chi connectivity index (χ4n) is 9.86. The fourth-order valence-corrected chi connectivity index (χ4v) is 11.4. The SMILES string of the molecule is CCC(C)CCCCCCCCCCCCC(=O)O[C@H](COC(=O)CCCCCCCCCC(C)C)COP(=O)(O)OCC(O)COP(=O)(O)OC[C@@H](COC(=O)CCCCCCCCC(C)CC)OC(=O)CCCCCCCCCCC(C)CC. The Bertz CT molecular complexity index is 1720. The zero-order valence-electron chi connectivity index (χ0n) is 55.9. The number of hydrogen-bond donors (Lipinski definition) is 3. The van der Waals surface area contributed by atoms with Crippen molar-refractivity contribution in [2.75, 3.05) is 39.6 Å². The van der Waals surface area contributed by atoms with Crippen LogP contribution in [0.4, 0.5) is 0 Å². The normalized spacial score (nSPS) is 15.3. The third-order valence-corrected chi connectivity index (χ3v) is 18.3. The number of aliphatic hydroxyl groups excluding tert-OH is 1. The Morgan fingerprint density at radius 2 is 0.558 bits per heavy atom. The van der Waals surface area contributed by atoms with Crippen molar-refractivity contribution in [3.63, 3.8) is 0 Å². The molecule has 0 saturated heterocycles. The molecule has 17 nitrogen and oxygen atoms in total. The molecule has 86 heavy (non-hydrogen) atoms. The van der Waals surface area contributed by atoms with Crippen LogP contribution in [0.1, 0.15) is 325 Å². The summed E-state index contributed by atoms with van der Waals surface area (Å²) in [5, 5.41) is 10.6. The summed E-state index contributed by atoms with van der Waals surface area (Å²) >= 11 is 0. The van der Waals surface area contributed by atoms with Gasteiger partial charge in [0.25, 0.3) is 0 Å². The Morgan fingerprint density at radius 3 is 0.826 bits per heavy atom. The molecule has 8 atom stereocenters. The van der Waals surface area contributed by atoms with Crippen molar-refractivity contribution in [2.24, 2.45) is 23.7 Å². The zero-order valence-corrected chi connectivity index (χ0v) is 57.7. The fraction of sp³-hybridized carbons (Fsp3) is 0.940. The van der Waals surface area contributed by atoms with Gasteiger partial charge in [-0.15, -0.1) is 0 Å². The summed E-state index contributed by atoms with van der Waals surface area (Å²) in [4.78, 5) is 72.4. The Morgan fingerprint density at radius 1 is 0.326 bits per heavy atom. The second-order valence-corrected chi connectivity index (χ2v) is 28.3. The van der Waals surface area contributed by atoms with Crippen molar-refractivity contribution in [1.82, 2.24) is 0 Å². The van der Waals surface area contributed by atoms with Crippen molar-refractivity contribution < 1.29 is 80.2 Å². The molecule has 0 rings (SSSR count). The summed E-state index contributed by atoms with van der Waals surface area (Å²) in [5.74, 6) is 0.872. The minimum atomic E-state index is -4.95. The van der Waals surface area contributed by atoms with E-state index in [1.54, 1.807) is 0 Å². The van der Waals surface area contributed by atoms with E-state index in [0.717, 1.165) is 120 Å². The number of rotatable bonds is 64. The largest absolute Gasteiger partial charge is 0.472 e. The van der Waals surface area contributed by atoms with Crippen molar-refractivity contribution in [2.45, 2.75) is 343 Å². The summed E-state index contributed by atoms with van der Waals surface area (Å²) in [6.07, 6.45) is 37.5. The van der Waals surface area contributed by atoms with Gasteiger partial charge in [0.15, 0.2) is 12.2 Å². The first-order chi connectivity index (χ1) is 41.2. The summed E-state index contributed by atoms with van der Waals surface area (Å²) < 4.78 is 68.1. The second-order valence-electron chi connectivity index (χ2n) is 25.4. The van der Waals surface area contributed by atoms with Crippen molar-refractivity contribution >= 4 is 39.5 Å². The molecule has 0 amide bonds. The van der Waals surface area contributed by atoms with Gasteiger partial charge in [0, 0.05) is 25.7 Å². The predicted octanol–water partition coefficient (Wildman–Crippen LogP) is 18.5. The van der Waals surface area contributed by atoms with Crippen molar-refractivity contribution in [3.05, 3.63) is 0 Å². The van der Waals surface area contributed by atoms with Gasteiger partial charge >= 0.3 is 39.5 Å². The molecule has 0 aliphatic rings. The standard InChI is InChI=1S/C67H130O17P2/c1-9-58(6)44-36-28-20-14-12-13-15-22-33-41-49-66(71)83-62(53-77-64(69)47-39-31-24-18-19-27-35-43-57(4)5)55-81-85(73,74)79-51-61(68)52-80-86(75,76)82-56-63(54-78-65(70)48-40-32-26-25-30-38-46-60(8)11-3)84-67(72)50-42-34-23-17-16-21-29-37-45-59(7)10-2/h57-63,68H,9-56H2,1-8H3,(H,73,74)(H,75,76)/t58?,59?,60?,61?,62-,63-/m1/s1. The van der Waals surface area contributed by atoms with E-state index in [2.05, 4.69) is 55.4 Å². The molecule has 3 N–H and O–H groups in total. The average molecular weight is 1270 g/mol. The molecular formula is C67H130O17P2. The molecule has 0 aromatic heterocycles. The van der Waals surface area contributed by atoms with Crippen LogP contribution in [0.5, 0.6) is 0 Å². The first kappa shape index (κ1) is 84.1. The monoisotopic (exact) mass is 1270 g/mol. The average Bonchev–Trinajstić information content (AvgIpc) is 3.58. The Hall–Kier alpha value is -1.94. The van der Waals surface area contributed by atoms with Crippen molar-refractivity contribution in [1.29, 1.82) is 0 Å². The van der Waals surface area contributed by atoms with Crippen LogP contribution in [-0.4, -0.2) is 96.7 Å². The Kier molecular flexibility index (Phi) is 55.7. The molecule has 6 unspecified atom stereocenters. The number of unbranched alkanes of at least 4 members (excludes halogenated alkanes) is 27. The van der Waals surface area contributed by atoms with E-state index in [0.29, 0.717) is 31.6 Å². The van der Waals surface area contributed by atoms with Gasteiger partial charge in [-0.05, 0) is 49.4 Å². The molecule has 0 aromatic carbocycles. The number of phosphoric ester groups is 2. The van der Waals surface area contributed by atoms with Crippen molar-refractivity contribution in [3.8, 4) is 0 Å². The van der Waals surface area contributed by atoms with Crippen LogP contribution in [0, 0.1) is 23.7 Å². The lowest BCUT2D eigenvalue weighted by molar-refractivity contribution is -0.161. The summed E-state index contributed by atoms with van der Waals surface area (Å²) in [6.45, 7) is 14.0. The topological polar surface area (TPSA) is 237 Å². The lowest BCUT2D eigenvalue weighted by Crippen LogP contribution is -2.30. The molecule has 0 aromatic rings. The number of aliphatic hydroxyl groups is 1. The van der Waals surface area contributed by atoms with E-state index in [9.17, 15) is 43.2 Å². The molecule has 0 fully saturated rings. The van der Waals surface area contributed by atoms with Crippen LogP contribution in [-0.2, 0) is 65.4 Å². The quantitative estimate of drug-likeness (QED) is 0.0222. The van der Waals surface area contributed by atoms with Crippen LogP contribution >= 0.6 is 15.6 Å². The highest BCUT2D eigenvalue weighted by Gasteiger charge is 2.30. The minimum absolute atomic E-state index is 0.103. The van der Waals surface area contributed by atoms with E-state index in [1.807, 2.05) is 0 Å². The van der Waals surface area contributed by atoms with E-state index >= 15 is 0 Å². The predicted molar refractivity (Wildman–Crippen MR) is 344 cm³/mol. The lowest BCUT2D eigenvalue weighted by Gasteiger charge is -2.21. The summed E-state index contributed by atoms with van der Waals surface area (Å²) in [7, 11) is -9.90. The lowest BCUT2D eigenvalue weighted by atomic mass is 9.99. The number of carbonyl (C=O) groups excluding carboxylic acids is 4. The van der Waals surface area contributed by atoms with Gasteiger partial charge < -0.3 is 33.8 Å². The highest BCUT2D eigenvalue weighted by molar-refractivity contribution is 7.47. The molecule has 0 radical (unpaired) electrons. The van der Waals surface area contributed by atoms with E-state index < -0.39 is 97.5 Å². The number of hydrogen-bond acceptors (Lipinski definition) is 15. The molecule has 0 spiro atoms. The molecule has 510 valence electrons. The van der Waals surface area contributed by atoms with E-state index in [1.165, 1.54) is 116 Å². The second kappa shape index (κ2) is 57.0. The first-order valence-corrected chi connectivity index (χ1v) is 37.8. The number of esters is 4. The van der Waals surface area contributed by atoms with Gasteiger partial charge in [0.2, 0.25) is 0 Å². The summed E-state index contributed by atoms with van der Waals surface area (Å²) in [5.41, 5.74) is 0. The molecule has 0 saturated carbocycles. The number of ether oxygens (including phenoxy) is 4. The molecule has 0 heterocycles. The summed E-state index contributed by atoms with van der Waals surface area (Å²) in [6, 6.07) is 0. The smallest absolute Gasteiger partial charge is 0.462 e. The molecule has 0 aliphatic carbocycles. The highest BCUT2D eigenvalue weighted by Crippen LogP contribution is 2.45. The molecule has 0 aliphatic heterocycles.